The number of amides is 1. The van der Waals surface area contributed by atoms with E-state index < -0.39 is 0 Å². The van der Waals surface area contributed by atoms with E-state index in [-0.39, 0.29) is 25.0 Å². The third-order valence-electron chi connectivity index (χ3n) is 4.79. The molecule has 0 aliphatic carbocycles. The summed E-state index contributed by atoms with van der Waals surface area (Å²) < 4.78 is 11.0. The molecule has 0 spiro atoms. The van der Waals surface area contributed by atoms with Crippen LogP contribution in [-0.4, -0.2) is 25.0 Å². The maximum Gasteiger partial charge on any atom is 0.331 e. The fraction of sp³-hybridized carbons (Fsp3) is 0.167. The van der Waals surface area contributed by atoms with Crippen molar-refractivity contribution in [3.8, 4) is 11.5 Å². The summed E-state index contributed by atoms with van der Waals surface area (Å²) in [7, 11) is 0. The van der Waals surface area contributed by atoms with E-state index in [2.05, 4.69) is 5.32 Å². The van der Waals surface area contributed by atoms with Gasteiger partial charge in [-0.15, -0.1) is 0 Å². The molecule has 1 amide bonds. The van der Waals surface area contributed by atoms with E-state index in [9.17, 15) is 9.59 Å². The molecule has 158 valence electrons. The molecule has 7 heteroatoms. The molecule has 4 rings (SSSR count). The molecule has 0 fully saturated rings. The van der Waals surface area contributed by atoms with Crippen LogP contribution in [0.15, 0.2) is 66.7 Å². The Balaban J connectivity index is 1.34. The Morgan fingerprint density at radius 1 is 1.10 bits per heavy atom. The number of nitrogens with one attached hydrogen (secondary N) is 1. The molecule has 1 N–H and O–H groups in total. The maximum absolute atomic E-state index is 12.6. The number of hydrogen-bond donors (Lipinski definition) is 1. The van der Waals surface area contributed by atoms with Gasteiger partial charge in [0, 0.05) is 10.7 Å². The Kier molecular flexibility index (Phi) is 6.09. The Morgan fingerprint density at radius 2 is 1.84 bits per heavy atom. The highest BCUT2D eigenvalue weighted by atomic mass is 35.5. The first-order valence-electron chi connectivity index (χ1n) is 9.80. The zero-order valence-electron chi connectivity index (χ0n) is 16.9. The van der Waals surface area contributed by atoms with Crippen LogP contribution in [-0.2, 0) is 16.2 Å². The molecule has 0 bridgehead atoms. The van der Waals surface area contributed by atoms with Gasteiger partial charge in [0.25, 0.3) is 0 Å². The molecule has 1 heterocycles. The van der Waals surface area contributed by atoms with Gasteiger partial charge in [0.2, 0.25) is 5.91 Å². The van der Waals surface area contributed by atoms with Crippen LogP contribution in [0, 0.1) is 6.92 Å². The van der Waals surface area contributed by atoms with Crippen LogP contribution < -0.4 is 19.7 Å². The average Bonchev–Trinajstić information content (AvgIpc) is 2.75. The lowest BCUT2D eigenvalue weighted by Gasteiger charge is -2.29. The second-order valence-electron chi connectivity index (χ2n) is 7.29. The summed E-state index contributed by atoms with van der Waals surface area (Å²) in [4.78, 5) is 26.1. The fourth-order valence-corrected chi connectivity index (χ4v) is 3.38. The van der Waals surface area contributed by atoms with E-state index in [0.717, 1.165) is 16.8 Å². The minimum Gasteiger partial charge on any atom is -0.489 e. The number of esters is 1. The number of anilines is 2. The normalized spacial score (nSPS) is 12.7. The van der Waals surface area contributed by atoms with Gasteiger partial charge in [-0.25, -0.2) is 4.79 Å². The standard InChI is InChI=1S/C24H21ClN2O4/c1-16-2-11-22-21(12-16)27(14-24(29)31-22)13-23(28)26-19-7-9-20(10-8-19)30-15-17-3-5-18(25)6-4-17/h2-12H,13-15H2,1H3,(H,26,28). The third-order valence-corrected chi connectivity index (χ3v) is 5.04. The third kappa shape index (κ3) is 5.35. The van der Waals surface area contributed by atoms with Gasteiger partial charge in [0.1, 0.15) is 18.9 Å². The maximum atomic E-state index is 12.6. The minimum atomic E-state index is -0.383. The van der Waals surface area contributed by atoms with Gasteiger partial charge in [-0.3, -0.25) is 4.79 Å². The lowest BCUT2D eigenvalue weighted by molar-refractivity contribution is -0.133. The SMILES string of the molecule is Cc1ccc2c(c1)N(CC(=O)Nc1ccc(OCc3ccc(Cl)cc3)cc1)CC(=O)O2. The van der Waals surface area contributed by atoms with Gasteiger partial charge in [-0.2, -0.15) is 0 Å². The number of halogens is 1. The van der Waals surface area contributed by atoms with Gasteiger partial charge in [-0.05, 0) is 66.6 Å². The van der Waals surface area contributed by atoms with E-state index in [1.165, 1.54) is 0 Å². The van der Waals surface area contributed by atoms with Crippen molar-refractivity contribution < 1.29 is 19.1 Å². The summed E-state index contributed by atoms with van der Waals surface area (Å²) >= 11 is 5.89. The van der Waals surface area contributed by atoms with E-state index >= 15 is 0 Å². The average molecular weight is 437 g/mol. The molecule has 0 unspecified atom stereocenters. The largest absolute Gasteiger partial charge is 0.489 e. The van der Waals surface area contributed by atoms with Crippen molar-refractivity contribution in [3.05, 3.63) is 82.9 Å². The van der Waals surface area contributed by atoms with E-state index in [1.807, 2.05) is 43.3 Å². The molecule has 31 heavy (non-hydrogen) atoms. The molecule has 0 aromatic heterocycles. The predicted octanol–water partition coefficient (Wildman–Crippen LogP) is 4.59. The first kappa shape index (κ1) is 20.8. The number of fused-ring (bicyclic) bond motifs is 1. The van der Waals surface area contributed by atoms with E-state index in [1.54, 1.807) is 35.2 Å². The molecule has 0 saturated carbocycles. The first-order chi connectivity index (χ1) is 15.0. The van der Waals surface area contributed by atoms with Crippen LogP contribution in [0.4, 0.5) is 11.4 Å². The molecule has 0 atom stereocenters. The second-order valence-corrected chi connectivity index (χ2v) is 7.73. The lowest BCUT2D eigenvalue weighted by atomic mass is 10.1. The molecule has 3 aromatic rings. The molecule has 3 aromatic carbocycles. The van der Waals surface area contributed by atoms with Crippen molar-refractivity contribution >= 4 is 34.9 Å². The molecular weight excluding hydrogens is 416 g/mol. The molecule has 1 aliphatic rings. The van der Waals surface area contributed by atoms with Gasteiger partial charge in [0.15, 0.2) is 5.75 Å². The lowest BCUT2D eigenvalue weighted by Crippen LogP contribution is -2.41. The molecule has 0 radical (unpaired) electrons. The Bertz CT molecular complexity index is 1100. The van der Waals surface area contributed by atoms with Crippen LogP contribution in [0.2, 0.25) is 5.02 Å². The van der Waals surface area contributed by atoms with Crippen molar-refractivity contribution in [1.82, 2.24) is 0 Å². The van der Waals surface area contributed by atoms with Gasteiger partial charge < -0.3 is 19.7 Å². The van der Waals surface area contributed by atoms with Gasteiger partial charge >= 0.3 is 5.97 Å². The highest BCUT2D eigenvalue weighted by molar-refractivity contribution is 6.30. The quantitative estimate of drug-likeness (QED) is 0.452. The highest BCUT2D eigenvalue weighted by Crippen LogP contribution is 2.32. The van der Waals surface area contributed by atoms with Gasteiger partial charge in [-0.1, -0.05) is 29.8 Å². The zero-order valence-corrected chi connectivity index (χ0v) is 17.7. The van der Waals surface area contributed by atoms with Crippen molar-refractivity contribution in [3.63, 3.8) is 0 Å². The summed E-state index contributed by atoms with van der Waals surface area (Å²) in [5.74, 6) is 0.552. The van der Waals surface area contributed by atoms with Crippen LogP contribution >= 0.6 is 11.6 Å². The van der Waals surface area contributed by atoms with E-state index in [0.29, 0.717) is 28.8 Å². The number of aryl methyl sites for hydroxylation is 1. The summed E-state index contributed by atoms with van der Waals surface area (Å²) in [6.45, 7) is 2.44. The van der Waals surface area contributed by atoms with Crippen molar-refractivity contribution in [2.24, 2.45) is 0 Å². The van der Waals surface area contributed by atoms with Crippen molar-refractivity contribution in [2.75, 3.05) is 23.3 Å². The van der Waals surface area contributed by atoms with Crippen LogP contribution in [0.3, 0.4) is 0 Å². The minimum absolute atomic E-state index is 0.0291. The second kappa shape index (κ2) is 9.10. The number of rotatable bonds is 6. The molecule has 1 aliphatic heterocycles. The van der Waals surface area contributed by atoms with Crippen molar-refractivity contribution in [1.29, 1.82) is 0 Å². The number of benzene rings is 3. The zero-order chi connectivity index (χ0) is 21.8. The summed E-state index contributed by atoms with van der Waals surface area (Å²) in [6, 6.07) is 20.1. The number of hydrogen-bond acceptors (Lipinski definition) is 5. The highest BCUT2D eigenvalue weighted by Gasteiger charge is 2.25. The molecule has 6 nitrogen and oxygen atoms in total. The van der Waals surface area contributed by atoms with Gasteiger partial charge in [0.05, 0.1) is 12.2 Å². The topological polar surface area (TPSA) is 67.9 Å². The number of carbonyl (C=O) groups is 2. The fourth-order valence-electron chi connectivity index (χ4n) is 3.25. The smallest absolute Gasteiger partial charge is 0.331 e. The van der Waals surface area contributed by atoms with Crippen molar-refractivity contribution in [2.45, 2.75) is 13.5 Å². The Morgan fingerprint density at radius 3 is 2.58 bits per heavy atom. The summed E-state index contributed by atoms with van der Waals surface area (Å²) in [6.07, 6.45) is 0. The molecule has 0 saturated heterocycles. The van der Waals surface area contributed by atoms with Crippen LogP contribution in [0.5, 0.6) is 11.5 Å². The Labute approximate surface area is 185 Å². The van der Waals surface area contributed by atoms with E-state index in [4.69, 9.17) is 21.1 Å². The first-order valence-corrected chi connectivity index (χ1v) is 10.2. The number of carbonyl (C=O) groups excluding carboxylic acids is 2. The Hall–Kier alpha value is -3.51. The number of ether oxygens (including phenoxy) is 2. The summed E-state index contributed by atoms with van der Waals surface area (Å²) in [5, 5.41) is 3.54. The molecular formula is C24H21ClN2O4. The predicted molar refractivity (Wildman–Crippen MR) is 120 cm³/mol. The summed E-state index contributed by atoms with van der Waals surface area (Å²) in [5.41, 5.74) is 3.42. The monoisotopic (exact) mass is 436 g/mol. The van der Waals surface area contributed by atoms with Crippen LogP contribution in [0.1, 0.15) is 11.1 Å². The number of nitrogens with zero attached hydrogens (tertiary/aromatic N) is 1. The van der Waals surface area contributed by atoms with Crippen LogP contribution in [0.25, 0.3) is 0 Å².